The van der Waals surface area contributed by atoms with Gasteiger partial charge in [-0.05, 0) is 44.4 Å². The lowest BCUT2D eigenvalue weighted by Crippen LogP contribution is -2.40. The van der Waals surface area contributed by atoms with Crippen LogP contribution in [-0.2, 0) is 13.1 Å². The number of likely N-dealkylation sites (tertiary alicyclic amines) is 2. The Kier molecular flexibility index (Phi) is 5.07. The van der Waals surface area contributed by atoms with E-state index in [-0.39, 0.29) is 5.91 Å². The van der Waals surface area contributed by atoms with E-state index in [0.717, 1.165) is 38.3 Å². The Morgan fingerprint density at radius 2 is 2.04 bits per heavy atom. The SMILES string of the molecule is CCn1cc(CN2CCCC[C@H]3CN(C(=O)c4ccccc4)C[C@H]32)cn1. The van der Waals surface area contributed by atoms with E-state index in [1.807, 2.05) is 41.2 Å². The van der Waals surface area contributed by atoms with E-state index in [1.165, 1.54) is 24.8 Å². The average molecular weight is 352 g/mol. The molecule has 0 aliphatic carbocycles. The molecular weight excluding hydrogens is 324 g/mol. The van der Waals surface area contributed by atoms with E-state index in [0.29, 0.717) is 12.0 Å². The molecule has 0 saturated carbocycles. The molecule has 4 rings (SSSR count). The van der Waals surface area contributed by atoms with Gasteiger partial charge in [-0.15, -0.1) is 0 Å². The van der Waals surface area contributed by atoms with Gasteiger partial charge in [0.15, 0.2) is 0 Å². The number of hydrogen-bond donors (Lipinski definition) is 0. The number of hydrogen-bond acceptors (Lipinski definition) is 3. The Morgan fingerprint density at radius 3 is 2.81 bits per heavy atom. The van der Waals surface area contributed by atoms with Crippen molar-refractivity contribution in [3.8, 4) is 0 Å². The van der Waals surface area contributed by atoms with Gasteiger partial charge in [0.1, 0.15) is 0 Å². The third kappa shape index (κ3) is 3.54. The first-order valence-corrected chi connectivity index (χ1v) is 9.84. The van der Waals surface area contributed by atoms with Crippen molar-refractivity contribution >= 4 is 5.91 Å². The van der Waals surface area contributed by atoms with Gasteiger partial charge in [0.05, 0.1) is 6.20 Å². The molecule has 138 valence electrons. The van der Waals surface area contributed by atoms with Gasteiger partial charge in [-0.2, -0.15) is 5.10 Å². The van der Waals surface area contributed by atoms with Crippen molar-refractivity contribution in [2.24, 2.45) is 5.92 Å². The van der Waals surface area contributed by atoms with Crippen LogP contribution >= 0.6 is 0 Å². The summed E-state index contributed by atoms with van der Waals surface area (Å²) in [6, 6.07) is 10.2. The molecule has 2 atom stereocenters. The minimum Gasteiger partial charge on any atom is -0.337 e. The molecule has 0 N–H and O–H groups in total. The molecule has 2 saturated heterocycles. The smallest absolute Gasteiger partial charge is 0.253 e. The van der Waals surface area contributed by atoms with Crippen LogP contribution in [-0.4, -0.2) is 51.2 Å². The lowest BCUT2D eigenvalue weighted by atomic mass is 9.98. The van der Waals surface area contributed by atoms with Crippen LogP contribution in [0.4, 0.5) is 0 Å². The molecule has 2 aromatic rings. The predicted octanol–water partition coefficient (Wildman–Crippen LogP) is 3.03. The molecule has 1 aromatic heterocycles. The van der Waals surface area contributed by atoms with Crippen molar-refractivity contribution in [3.05, 3.63) is 53.9 Å². The highest BCUT2D eigenvalue weighted by molar-refractivity contribution is 5.94. The molecule has 5 nitrogen and oxygen atoms in total. The van der Waals surface area contributed by atoms with Crippen LogP contribution in [0.25, 0.3) is 0 Å². The summed E-state index contributed by atoms with van der Waals surface area (Å²) in [5, 5.41) is 4.42. The van der Waals surface area contributed by atoms with Crippen LogP contribution < -0.4 is 0 Å². The summed E-state index contributed by atoms with van der Waals surface area (Å²) in [6.07, 6.45) is 7.89. The zero-order valence-corrected chi connectivity index (χ0v) is 15.6. The molecule has 0 unspecified atom stereocenters. The van der Waals surface area contributed by atoms with Crippen molar-refractivity contribution < 1.29 is 4.79 Å². The third-order valence-electron chi connectivity index (χ3n) is 5.85. The molecule has 2 aliphatic heterocycles. The highest BCUT2D eigenvalue weighted by Crippen LogP contribution is 2.31. The summed E-state index contributed by atoms with van der Waals surface area (Å²) < 4.78 is 1.99. The van der Waals surface area contributed by atoms with Gasteiger partial charge in [0, 0.05) is 49.5 Å². The zero-order chi connectivity index (χ0) is 17.9. The average Bonchev–Trinajstić information content (AvgIpc) is 3.27. The number of benzene rings is 1. The largest absolute Gasteiger partial charge is 0.337 e. The standard InChI is InChI=1S/C21H28N4O/c1-2-25-14-17(12-22-25)13-23-11-7-6-10-19-15-24(16-20(19)23)21(26)18-8-4-3-5-9-18/h3-5,8-9,12,14,19-20H,2,6-7,10-11,13,15-16H2,1H3/t19-,20+/m0/s1. The zero-order valence-electron chi connectivity index (χ0n) is 15.6. The van der Waals surface area contributed by atoms with Crippen molar-refractivity contribution in [2.45, 2.75) is 45.3 Å². The van der Waals surface area contributed by atoms with Crippen LogP contribution in [0.15, 0.2) is 42.7 Å². The summed E-state index contributed by atoms with van der Waals surface area (Å²) in [7, 11) is 0. The summed E-state index contributed by atoms with van der Waals surface area (Å²) in [5.41, 5.74) is 2.08. The van der Waals surface area contributed by atoms with Crippen LogP contribution in [0.5, 0.6) is 0 Å². The number of aryl methyl sites for hydroxylation is 1. The molecule has 0 radical (unpaired) electrons. The molecule has 3 heterocycles. The minimum absolute atomic E-state index is 0.178. The number of carbonyl (C=O) groups excluding carboxylic acids is 1. The van der Waals surface area contributed by atoms with Crippen molar-refractivity contribution in [2.75, 3.05) is 19.6 Å². The maximum absolute atomic E-state index is 12.9. The lowest BCUT2D eigenvalue weighted by Gasteiger charge is -2.29. The lowest BCUT2D eigenvalue weighted by molar-refractivity contribution is 0.0773. The molecule has 0 bridgehead atoms. The topological polar surface area (TPSA) is 41.4 Å². The Labute approximate surface area is 155 Å². The number of fused-ring (bicyclic) bond motifs is 1. The molecule has 5 heteroatoms. The van der Waals surface area contributed by atoms with Crippen LogP contribution in [0.2, 0.25) is 0 Å². The molecular formula is C21H28N4O. The summed E-state index contributed by atoms with van der Waals surface area (Å²) >= 11 is 0. The van der Waals surface area contributed by atoms with Crippen molar-refractivity contribution in [1.82, 2.24) is 19.6 Å². The first-order valence-electron chi connectivity index (χ1n) is 9.84. The molecule has 1 amide bonds. The number of carbonyl (C=O) groups is 1. The predicted molar refractivity (Wildman–Crippen MR) is 102 cm³/mol. The summed E-state index contributed by atoms with van der Waals surface area (Å²) in [4.78, 5) is 17.5. The highest BCUT2D eigenvalue weighted by Gasteiger charge is 2.39. The van der Waals surface area contributed by atoms with E-state index in [9.17, 15) is 4.79 Å². The van der Waals surface area contributed by atoms with Gasteiger partial charge < -0.3 is 4.90 Å². The Balaban J connectivity index is 1.48. The van der Waals surface area contributed by atoms with Gasteiger partial charge in [-0.25, -0.2) is 0 Å². The number of rotatable bonds is 4. The fourth-order valence-corrected chi connectivity index (χ4v) is 4.46. The molecule has 0 spiro atoms. The maximum Gasteiger partial charge on any atom is 0.253 e. The van der Waals surface area contributed by atoms with E-state index in [2.05, 4.69) is 28.0 Å². The highest BCUT2D eigenvalue weighted by atomic mass is 16.2. The van der Waals surface area contributed by atoms with E-state index < -0.39 is 0 Å². The molecule has 2 fully saturated rings. The second-order valence-electron chi connectivity index (χ2n) is 7.57. The minimum atomic E-state index is 0.178. The number of nitrogens with zero attached hydrogens (tertiary/aromatic N) is 4. The summed E-state index contributed by atoms with van der Waals surface area (Å²) in [5.74, 6) is 0.767. The fourth-order valence-electron chi connectivity index (χ4n) is 4.46. The first kappa shape index (κ1) is 17.3. The van der Waals surface area contributed by atoms with Gasteiger partial charge in [0.2, 0.25) is 0 Å². The Morgan fingerprint density at radius 1 is 1.19 bits per heavy atom. The molecule has 2 aliphatic rings. The van der Waals surface area contributed by atoms with Crippen LogP contribution in [0, 0.1) is 5.92 Å². The fraction of sp³-hybridized carbons (Fsp3) is 0.524. The van der Waals surface area contributed by atoms with Gasteiger partial charge in [0.25, 0.3) is 5.91 Å². The second-order valence-corrected chi connectivity index (χ2v) is 7.57. The maximum atomic E-state index is 12.9. The van der Waals surface area contributed by atoms with Gasteiger partial charge in [-0.3, -0.25) is 14.4 Å². The number of amides is 1. The quantitative estimate of drug-likeness (QED) is 0.849. The van der Waals surface area contributed by atoms with E-state index in [4.69, 9.17) is 0 Å². The van der Waals surface area contributed by atoms with Crippen molar-refractivity contribution in [3.63, 3.8) is 0 Å². The van der Waals surface area contributed by atoms with Crippen molar-refractivity contribution in [1.29, 1.82) is 0 Å². The normalized spacial score (nSPS) is 23.7. The van der Waals surface area contributed by atoms with Gasteiger partial charge >= 0.3 is 0 Å². The van der Waals surface area contributed by atoms with E-state index in [1.54, 1.807) is 0 Å². The first-order chi connectivity index (χ1) is 12.7. The Hall–Kier alpha value is -2.14. The molecule has 26 heavy (non-hydrogen) atoms. The molecule has 1 aromatic carbocycles. The van der Waals surface area contributed by atoms with E-state index >= 15 is 0 Å². The van der Waals surface area contributed by atoms with Crippen LogP contribution in [0.1, 0.15) is 42.1 Å². The number of aromatic nitrogens is 2. The third-order valence-corrected chi connectivity index (χ3v) is 5.85. The second kappa shape index (κ2) is 7.62. The summed E-state index contributed by atoms with van der Waals surface area (Å²) in [6.45, 7) is 6.82. The monoisotopic (exact) mass is 352 g/mol. The van der Waals surface area contributed by atoms with Crippen LogP contribution in [0.3, 0.4) is 0 Å². The van der Waals surface area contributed by atoms with Gasteiger partial charge in [-0.1, -0.05) is 24.6 Å². The Bertz CT molecular complexity index is 741.